The van der Waals surface area contributed by atoms with E-state index in [1.165, 1.54) is 38.0 Å². The van der Waals surface area contributed by atoms with Gasteiger partial charge in [0.15, 0.2) is 17.5 Å². The zero-order valence-corrected chi connectivity index (χ0v) is 31.3. The third kappa shape index (κ3) is 4.93. The van der Waals surface area contributed by atoms with E-state index >= 15 is 0 Å². The van der Waals surface area contributed by atoms with Gasteiger partial charge in [0.05, 0.1) is 27.8 Å². The van der Waals surface area contributed by atoms with E-state index in [9.17, 15) is 0 Å². The predicted octanol–water partition coefficient (Wildman–Crippen LogP) is 13.4. The van der Waals surface area contributed by atoms with Crippen LogP contribution in [-0.2, 0) is 0 Å². The molecule has 0 radical (unpaired) electrons. The second kappa shape index (κ2) is 12.8. The standard InChI is InChI=1S/C53H33N5/c1-3-16-34(17-4-1)51-54-52(56-53(55-51)44-28-14-26-42-40-22-9-11-29-46(40)57(50(42)44)37-20-5-2-6-21-37)43-27-13-25-39-38(43)24-15-31-48(39)58-47-30-12-10-23-41(47)45-32-35-18-7-8-19-36(35)33-49(45)58/h1-33H. The number of fused-ring (bicyclic) bond motifs is 8. The Balaban J connectivity index is 1.13. The van der Waals surface area contributed by atoms with Crippen LogP contribution in [0.2, 0.25) is 0 Å². The van der Waals surface area contributed by atoms with Crippen molar-refractivity contribution in [3.63, 3.8) is 0 Å². The van der Waals surface area contributed by atoms with E-state index in [0.29, 0.717) is 17.5 Å². The normalized spacial score (nSPS) is 11.8. The SMILES string of the molecule is c1ccc(-c2nc(-c3cccc4c(-n5c6ccccc6c6cc7ccccc7cc65)cccc34)nc(-c3cccc4c5ccccc5n(-c5ccccc5)c34)n2)cc1. The molecule has 0 aliphatic rings. The third-order valence-electron chi connectivity index (χ3n) is 11.5. The molecule has 5 heteroatoms. The van der Waals surface area contributed by atoms with Gasteiger partial charge >= 0.3 is 0 Å². The van der Waals surface area contributed by atoms with Gasteiger partial charge in [0.25, 0.3) is 0 Å². The topological polar surface area (TPSA) is 48.5 Å². The van der Waals surface area contributed by atoms with E-state index in [4.69, 9.17) is 15.0 Å². The van der Waals surface area contributed by atoms with Crippen LogP contribution in [0.5, 0.6) is 0 Å². The lowest BCUT2D eigenvalue weighted by molar-refractivity contribution is 1.07. The average molecular weight is 740 g/mol. The fourth-order valence-corrected chi connectivity index (χ4v) is 8.98. The van der Waals surface area contributed by atoms with Crippen LogP contribution in [0.3, 0.4) is 0 Å². The molecule has 0 atom stereocenters. The molecule has 58 heavy (non-hydrogen) atoms. The minimum atomic E-state index is 0.622. The number of aromatic nitrogens is 5. The van der Waals surface area contributed by atoms with Crippen molar-refractivity contribution in [1.82, 2.24) is 24.1 Å². The van der Waals surface area contributed by atoms with E-state index in [2.05, 4.69) is 191 Å². The Kier molecular flexibility index (Phi) is 7.16. The first kappa shape index (κ1) is 32.4. The minimum absolute atomic E-state index is 0.622. The fraction of sp³-hybridized carbons (Fsp3) is 0. The van der Waals surface area contributed by atoms with Crippen LogP contribution in [-0.4, -0.2) is 24.1 Å². The summed E-state index contributed by atoms with van der Waals surface area (Å²) in [5.74, 6) is 1.87. The summed E-state index contributed by atoms with van der Waals surface area (Å²) >= 11 is 0. The van der Waals surface area contributed by atoms with Gasteiger partial charge in [-0.25, -0.2) is 15.0 Å². The molecule has 3 heterocycles. The van der Waals surface area contributed by atoms with Gasteiger partial charge in [0, 0.05) is 49.3 Å². The summed E-state index contributed by atoms with van der Waals surface area (Å²) < 4.78 is 4.76. The lowest BCUT2D eigenvalue weighted by Crippen LogP contribution is -2.02. The van der Waals surface area contributed by atoms with Gasteiger partial charge in [0.1, 0.15) is 0 Å². The quantitative estimate of drug-likeness (QED) is 0.177. The van der Waals surface area contributed by atoms with E-state index in [1.807, 2.05) is 18.2 Å². The van der Waals surface area contributed by atoms with Crippen molar-refractivity contribution in [2.24, 2.45) is 0 Å². The average Bonchev–Trinajstić information content (AvgIpc) is 3.80. The molecule has 9 aromatic carbocycles. The number of benzene rings is 9. The Morgan fingerprint density at radius 3 is 1.62 bits per heavy atom. The lowest BCUT2D eigenvalue weighted by atomic mass is 10.0. The molecule has 0 spiro atoms. The highest BCUT2D eigenvalue weighted by molar-refractivity contribution is 6.16. The monoisotopic (exact) mass is 739 g/mol. The molecule has 12 aromatic rings. The Bertz CT molecular complexity index is 3560. The zero-order valence-electron chi connectivity index (χ0n) is 31.3. The summed E-state index contributed by atoms with van der Waals surface area (Å²) in [6.07, 6.45) is 0. The van der Waals surface area contributed by atoms with Crippen LogP contribution >= 0.6 is 0 Å². The number of rotatable bonds is 5. The molecule has 0 fully saturated rings. The van der Waals surface area contributed by atoms with Crippen LogP contribution in [0.15, 0.2) is 200 Å². The maximum absolute atomic E-state index is 5.39. The second-order valence-electron chi connectivity index (χ2n) is 14.8. The highest BCUT2D eigenvalue weighted by Gasteiger charge is 2.21. The van der Waals surface area contributed by atoms with Crippen molar-refractivity contribution in [2.45, 2.75) is 0 Å². The summed E-state index contributed by atoms with van der Waals surface area (Å²) in [5, 5.41) is 9.43. The summed E-state index contributed by atoms with van der Waals surface area (Å²) in [6.45, 7) is 0. The fourth-order valence-electron chi connectivity index (χ4n) is 8.98. The summed E-state index contributed by atoms with van der Waals surface area (Å²) in [5.41, 5.74) is 9.54. The van der Waals surface area contributed by atoms with Crippen molar-refractivity contribution in [2.75, 3.05) is 0 Å². The molecule has 270 valence electrons. The second-order valence-corrected chi connectivity index (χ2v) is 14.8. The van der Waals surface area contributed by atoms with Crippen molar-refractivity contribution >= 4 is 65.2 Å². The Morgan fingerprint density at radius 2 is 0.845 bits per heavy atom. The largest absolute Gasteiger partial charge is 0.309 e. The molecule has 0 unspecified atom stereocenters. The number of hydrogen-bond acceptors (Lipinski definition) is 3. The molecule has 0 saturated carbocycles. The molecular weight excluding hydrogens is 707 g/mol. The molecule has 5 nitrogen and oxygen atoms in total. The molecule has 0 aliphatic carbocycles. The van der Waals surface area contributed by atoms with Crippen molar-refractivity contribution < 1.29 is 0 Å². The first-order chi connectivity index (χ1) is 28.8. The number of hydrogen-bond donors (Lipinski definition) is 0. The first-order valence-corrected chi connectivity index (χ1v) is 19.6. The summed E-state index contributed by atoms with van der Waals surface area (Å²) in [4.78, 5) is 15.9. The van der Waals surface area contributed by atoms with Gasteiger partial charge < -0.3 is 9.13 Å². The minimum Gasteiger partial charge on any atom is -0.309 e. The van der Waals surface area contributed by atoms with E-state index in [0.717, 1.165) is 55.3 Å². The molecule has 0 aliphatic heterocycles. The van der Waals surface area contributed by atoms with Crippen molar-refractivity contribution in [1.29, 1.82) is 0 Å². The molecular formula is C53H33N5. The highest BCUT2D eigenvalue weighted by atomic mass is 15.0. The van der Waals surface area contributed by atoms with Crippen LogP contribution in [0, 0.1) is 0 Å². The Morgan fingerprint density at radius 1 is 0.310 bits per heavy atom. The van der Waals surface area contributed by atoms with Gasteiger partial charge in [0.2, 0.25) is 0 Å². The number of nitrogens with zero attached hydrogens (tertiary/aromatic N) is 5. The summed E-state index contributed by atoms with van der Waals surface area (Å²) in [7, 11) is 0. The van der Waals surface area contributed by atoms with Crippen LogP contribution < -0.4 is 0 Å². The summed E-state index contributed by atoms with van der Waals surface area (Å²) in [6, 6.07) is 70.9. The maximum Gasteiger partial charge on any atom is 0.166 e. The Hall–Kier alpha value is -7.89. The van der Waals surface area contributed by atoms with Crippen molar-refractivity contribution in [3.05, 3.63) is 200 Å². The van der Waals surface area contributed by atoms with Gasteiger partial charge in [-0.1, -0.05) is 152 Å². The van der Waals surface area contributed by atoms with Gasteiger partial charge in [-0.15, -0.1) is 0 Å². The zero-order chi connectivity index (χ0) is 38.2. The predicted molar refractivity (Wildman–Crippen MR) is 240 cm³/mol. The first-order valence-electron chi connectivity index (χ1n) is 19.6. The number of para-hydroxylation sites is 4. The molecule has 12 rings (SSSR count). The smallest absolute Gasteiger partial charge is 0.166 e. The maximum atomic E-state index is 5.39. The van der Waals surface area contributed by atoms with Crippen LogP contribution in [0.1, 0.15) is 0 Å². The van der Waals surface area contributed by atoms with Crippen LogP contribution in [0.25, 0.3) is 111 Å². The molecule has 0 N–H and O–H groups in total. The molecule has 0 bridgehead atoms. The van der Waals surface area contributed by atoms with Crippen LogP contribution in [0.4, 0.5) is 0 Å². The highest BCUT2D eigenvalue weighted by Crippen LogP contribution is 2.41. The van der Waals surface area contributed by atoms with Gasteiger partial charge in [-0.3, -0.25) is 0 Å². The molecule has 3 aromatic heterocycles. The van der Waals surface area contributed by atoms with E-state index in [-0.39, 0.29) is 0 Å². The molecule has 0 amide bonds. The molecule has 0 saturated heterocycles. The van der Waals surface area contributed by atoms with Gasteiger partial charge in [-0.05, 0) is 64.7 Å². The van der Waals surface area contributed by atoms with E-state index in [1.54, 1.807) is 0 Å². The van der Waals surface area contributed by atoms with E-state index < -0.39 is 0 Å². The van der Waals surface area contributed by atoms with Gasteiger partial charge in [-0.2, -0.15) is 0 Å². The Labute approximate surface area is 333 Å². The van der Waals surface area contributed by atoms with Crippen molar-refractivity contribution in [3.8, 4) is 45.5 Å². The lowest BCUT2D eigenvalue weighted by Gasteiger charge is -2.15. The third-order valence-corrected chi connectivity index (χ3v) is 11.5.